The normalized spacial score (nSPS) is 17.1. The van der Waals surface area contributed by atoms with Crippen LogP contribution in [0, 0.1) is 5.92 Å². The second kappa shape index (κ2) is 5.16. The van der Waals surface area contributed by atoms with Gasteiger partial charge in [-0.15, -0.1) is 0 Å². The molecule has 1 aromatic heterocycles. The minimum atomic E-state index is -4.45. The minimum absolute atomic E-state index is 0.0351. The highest BCUT2D eigenvalue weighted by Crippen LogP contribution is 2.32. The van der Waals surface area contributed by atoms with Crippen molar-refractivity contribution in [1.29, 1.82) is 0 Å². The average molecular weight is 273 g/mol. The Labute approximate surface area is 108 Å². The first-order valence-electron chi connectivity index (χ1n) is 5.96. The average Bonchev–Trinajstić information content (AvgIpc) is 3.19. The van der Waals surface area contributed by atoms with Crippen molar-refractivity contribution in [2.75, 3.05) is 6.54 Å². The first-order chi connectivity index (χ1) is 8.91. The zero-order chi connectivity index (χ0) is 14.0. The molecule has 2 rings (SSSR count). The van der Waals surface area contributed by atoms with Crippen molar-refractivity contribution in [2.24, 2.45) is 11.7 Å². The van der Waals surface area contributed by atoms with Crippen molar-refractivity contribution < 1.29 is 18.0 Å². The number of nitrogens with two attached hydrogens (primary N) is 1. The Bertz CT molecular complexity index is 454. The smallest absolute Gasteiger partial charge is 0.346 e. The first-order valence-corrected chi connectivity index (χ1v) is 5.96. The molecule has 7 heteroatoms. The van der Waals surface area contributed by atoms with Crippen LogP contribution in [0.15, 0.2) is 18.3 Å². The number of pyridine rings is 1. The predicted molar refractivity (Wildman–Crippen MR) is 62.3 cm³/mol. The SMILES string of the molecule is NCC(NC(=O)c1ccc(C(F)(F)F)cn1)C1CC1. The molecule has 0 spiro atoms. The third-order valence-electron chi connectivity index (χ3n) is 3.08. The number of nitrogens with zero attached hydrogens (tertiary/aromatic N) is 1. The molecule has 1 saturated carbocycles. The number of hydrogen-bond acceptors (Lipinski definition) is 3. The molecule has 0 bridgehead atoms. The Hall–Kier alpha value is -1.63. The van der Waals surface area contributed by atoms with E-state index in [9.17, 15) is 18.0 Å². The topological polar surface area (TPSA) is 68.0 Å². The van der Waals surface area contributed by atoms with E-state index in [0.717, 1.165) is 25.0 Å². The van der Waals surface area contributed by atoms with Gasteiger partial charge in [0.1, 0.15) is 5.69 Å². The molecule has 1 atom stereocenters. The summed E-state index contributed by atoms with van der Waals surface area (Å²) in [5.41, 5.74) is 4.63. The summed E-state index contributed by atoms with van der Waals surface area (Å²) in [5, 5.41) is 2.70. The number of rotatable bonds is 4. The van der Waals surface area contributed by atoms with Gasteiger partial charge in [-0.1, -0.05) is 0 Å². The maximum Gasteiger partial charge on any atom is 0.417 e. The van der Waals surface area contributed by atoms with Crippen molar-refractivity contribution in [1.82, 2.24) is 10.3 Å². The van der Waals surface area contributed by atoms with Gasteiger partial charge in [0.2, 0.25) is 0 Å². The van der Waals surface area contributed by atoms with Crippen LogP contribution in [0.3, 0.4) is 0 Å². The second-order valence-electron chi connectivity index (χ2n) is 4.58. The van der Waals surface area contributed by atoms with Gasteiger partial charge in [-0.25, -0.2) is 0 Å². The summed E-state index contributed by atoms with van der Waals surface area (Å²) in [6, 6.07) is 1.78. The van der Waals surface area contributed by atoms with E-state index in [2.05, 4.69) is 10.3 Å². The molecule has 0 radical (unpaired) electrons. The highest BCUT2D eigenvalue weighted by Gasteiger charge is 2.33. The first kappa shape index (κ1) is 13.8. The van der Waals surface area contributed by atoms with Gasteiger partial charge in [-0.3, -0.25) is 9.78 Å². The lowest BCUT2D eigenvalue weighted by molar-refractivity contribution is -0.137. The fourth-order valence-corrected chi connectivity index (χ4v) is 1.81. The fourth-order valence-electron chi connectivity index (χ4n) is 1.81. The molecule has 3 N–H and O–H groups in total. The highest BCUT2D eigenvalue weighted by atomic mass is 19.4. The molecular formula is C12H14F3N3O. The Balaban J connectivity index is 2.03. The van der Waals surface area contributed by atoms with Crippen molar-refractivity contribution >= 4 is 5.91 Å². The Morgan fingerprint density at radius 3 is 2.58 bits per heavy atom. The molecule has 0 aromatic carbocycles. The van der Waals surface area contributed by atoms with Gasteiger partial charge in [0.25, 0.3) is 5.91 Å². The molecule has 1 aromatic rings. The third-order valence-corrected chi connectivity index (χ3v) is 3.08. The van der Waals surface area contributed by atoms with E-state index in [4.69, 9.17) is 5.73 Å². The van der Waals surface area contributed by atoms with Crippen LogP contribution in [-0.4, -0.2) is 23.5 Å². The van der Waals surface area contributed by atoms with Gasteiger partial charge in [0, 0.05) is 18.8 Å². The third kappa shape index (κ3) is 3.44. The van der Waals surface area contributed by atoms with Gasteiger partial charge in [-0.05, 0) is 30.9 Å². The van der Waals surface area contributed by atoms with Crippen LogP contribution >= 0.6 is 0 Å². The number of aromatic nitrogens is 1. The number of amides is 1. The van der Waals surface area contributed by atoms with Gasteiger partial charge >= 0.3 is 6.18 Å². The van der Waals surface area contributed by atoms with Gasteiger partial charge in [0.15, 0.2) is 0 Å². The summed E-state index contributed by atoms with van der Waals surface area (Å²) in [7, 11) is 0. The number of carbonyl (C=O) groups excluding carboxylic acids is 1. The number of hydrogen-bond donors (Lipinski definition) is 2. The van der Waals surface area contributed by atoms with Crippen LogP contribution in [0.25, 0.3) is 0 Å². The molecule has 104 valence electrons. The van der Waals surface area contributed by atoms with E-state index >= 15 is 0 Å². The number of nitrogens with one attached hydrogen (secondary N) is 1. The van der Waals surface area contributed by atoms with Gasteiger partial charge < -0.3 is 11.1 Å². The van der Waals surface area contributed by atoms with Crippen LogP contribution < -0.4 is 11.1 Å². The molecule has 4 nitrogen and oxygen atoms in total. The molecule has 1 fully saturated rings. The van der Waals surface area contributed by atoms with Crippen LogP contribution in [0.1, 0.15) is 28.9 Å². The maximum absolute atomic E-state index is 12.3. The number of alkyl halides is 3. The molecule has 1 amide bonds. The summed E-state index contributed by atoms with van der Waals surface area (Å²) in [6.45, 7) is 0.317. The largest absolute Gasteiger partial charge is 0.417 e. The van der Waals surface area contributed by atoms with Gasteiger partial charge in [0.05, 0.1) is 5.56 Å². The quantitative estimate of drug-likeness (QED) is 0.875. The molecule has 0 aliphatic heterocycles. The van der Waals surface area contributed by atoms with Crippen LogP contribution in [0.4, 0.5) is 13.2 Å². The Kier molecular flexibility index (Phi) is 3.75. The molecular weight excluding hydrogens is 259 g/mol. The fraction of sp³-hybridized carbons (Fsp3) is 0.500. The second-order valence-corrected chi connectivity index (χ2v) is 4.58. The van der Waals surface area contributed by atoms with E-state index in [1.807, 2.05) is 0 Å². The summed E-state index contributed by atoms with van der Waals surface area (Å²) >= 11 is 0. The molecule has 1 aliphatic carbocycles. The highest BCUT2D eigenvalue weighted by molar-refractivity contribution is 5.92. The van der Waals surface area contributed by atoms with E-state index in [-0.39, 0.29) is 11.7 Å². The molecule has 19 heavy (non-hydrogen) atoms. The molecule has 1 aliphatic rings. The van der Waals surface area contributed by atoms with Crippen molar-refractivity contribution in [2.45, 2.75) is 25.1 Å². The van der Waals surface area contributed by atoms with E-state index in [0.29, 0.717) is 18.7 Å². The number of carbonyl (C=O) groups is 1. The lowest BCUT2D eigenvalue weighted by Crippen LogP contribution is -2.42. The van der Waals surface area contributed by atoms with Crippen molar-refractivity contribution in [3.8, 4) is 0 Å². The predicted octanol–water partition coefficient (Wildman–Crippen LogP) is 1.57. The standard InChI is InChI=1S/C12H14F3N3O/c13-12(14,15)8-3-4-9(17-6-8)11(19)18-10(5-16)7-1-2-7/h3-4,6-7,10H,1-2,5,16H2,(H,18,19). The van der Waals surface area contributed by atoms with E-state index in [1.54, 1.807) is 0 Å². The van der Waals surface area contributed by atoms with Crippen LogP contribution in [0.5, 0.6) is 0 Å². The molecule has 0 saturated heterocycles. The molecule has 1 heterocycles. The van der Waals surface area contributed by atoms with Crippen molar-refractivity contribution in [3.63, 3.8) is 0 Å². The zero-order valence-corrected chi connectivity index (χ0v) is 10.1. The summed E-state index contributed by atoms with van der Waals surface area (Å²) in [4.78, 5) is 15.3. The summed E-state index contributed by atoms with van der Waals surface area (Å²) in [5.74, 6) is -0.112. The monoisotopic (exact) mass is 273 g/mol. The Morgan fingerprint density at radius 2 is 2.16 bits per heavy atom. The molecule has 1 unspecified atom stereocenters. The van der Waals surface area contributed by atoms with E-state index < -0.39 is 17.6 Å². The summed E-state index contributed by atoms with van der Waals surface area (Å²) in [6.07, 6.45) is -1.76. The zero-order valence-electron chi connectivity index (χ0n) is 10.1. The minimum Gasteiger partial charge on any atom is -0.346 e. The lowest BCUT2D eigenvalue weighted by atomic mass is 10.1. The Morgan fingerprint density at radius 1 is 1.47 bits per heavy atom. The van der Waals surface area contributed by atoms with E-state index in [1.165, 1.54) is 0 Å². The summed E-state index contributed by atoms with van der Waals surface area (Å²) < 4.78 is 37.0. The lowest BCUT2D eigenvalue weighted by Gasteiger charge is -2.15. The number of halogens is 3. The van der Waals surface area contributed by atoms with Crippen LogP contribution in [-0.2, 0) is 6.18 Å². The van der Waals surface area contributed by atoms with Crippen LogP contribution in [0.2, 0.25) is 0 Å². The maximum atomic E-state index is 12.3. The van der Waals surface area contributed by atoms with Gasteiger partial charge in [-0.2, -0.15) is 13.2 Å². The van der Waals surface area contributed by atoms with Crippen molar-refractivity contribution in [3.05, 3.63) is 29.6 Å².